The van der Waals surface area contributed by atoms with Crippen molar-refractivity contribution < 1.29 is 21.6 Å². The normalized spacial score (nSPS) is 12.9. The fraction of sp³-hybridized carbons (Fsp3) is 0.650. The molecule has 8 heteroatoms. The Labute approximate surface area is 170 Å². The van der Waals surface area contributed by atoms with Gasteiger partial charge in [-0.15, -0.1) is 0 Å². The second-order valence-electron chi connectivity index (χ2n) is 8.36. The summed E-state index contributed by atoms with van der Waals surface area (Å²) in [4.78, 5) is 12.1. The van der Waals surface area contributed by atoms with Crippen LogP contribution in [0.5, 0.6) is 0 Å². The fourth-order valence-corrected chi connectivity index (χ4v) is 4.18. The van der Waals surface area contributed by atoms with Crippen molar-refractivity contribution in [3.05, 3.63) is 29.8 Å². The molecule has 0 saturated heterocycles. The van der Waals surface area contributed by atoms with Crippen LogP contribution >= 0.6 is 0 Å². The predicted molar refractivity (Wildman–Crippen MR) is 115 cm³/mol. The Kier molecular flexibility index (Phi) is 8.68. The van der Waals surface area contributed by atoms with Crippen LogP contribution < -0.4 is 4.72 Å². The minimum Gasteiger partial charge on any atom is -0.299 e. The van der Waals surface area contributed by atoms with E-state index < -0.39 is 24.6 Å². The van der Waals surface area contributed by atoms with Gasteiger partial charge in [0, 0.05) is 18.5 Å². The molecular formula is C20H33NO5S2. The third-order valence-electron chi connectivity index (χ3n) is 4.52. The molecule has 0 spiro atoms. The molecule has 28 heavy (non-hydrogen) atoms. The molecule has 0 saturated carbocycles. The van der Waals surface area contributed by atoms with Gasteiger partial charge >= 0.3 is 0 Å². The lowest BCUT2D eigenvalue weighted by Crippen LogP contribution is -2.33. The van der Waals surface area contributed by atoms with E-state index in [1.54, 1.807) is 58.9 Å². The van der Waals surface area contributed by atoms with Crippen LogP contribution in [0.25, 0.3) is 0 Å². The summed E-state index contributed by atoms with van der Waals surface area (Å²) in [6, 6.07) is 6.80. The number of benzene rings is 1. The third kappa shape index (κ3) is 7.91. The van der Waals surface area contributed by atoms with E-state index in [-0.39, 0.29) is 23.2 Å². The Morgan fingerprint density at radius 3 is 2.04 bits per heavy atom. The maximum absolute atomic E-state index is 12.2. The van der Waals surface area contributed by atoms with E-state index in [0.29, 0.717) is 31.4 Å². The van der Waals surface area contributed by atoms with Crippen LogP contribution in [0.4, 0.5) is 5.69 Å². The largest absolute Gasteiger partial charge is 0.299 e. The lowest BCUT2D eigenvalue weighted by Gasteiger charge is -2.20. The van der Waals surface area contributed by atoms with Crippen LogP contribution in [0.15, 0.2) is 24.3 Å². The second-order valence-corrected chi connectivity index (χ2v) is 13.5. The van der Waals surface area contributed by atoms with Crippen LogP contribution in [0.1, 0.15) is 65.9 Å². The Balaban J connectivity index is 2.43. The fourth-order valence-electron chi connectivity index (χ4n) is 2.35. The lowest BCUT2D eigenvalue weighted by atomic mass is 10.0. The van der Waals surface area contributed by atoms with Crippen molar-refractivity contribution >= 4 is 31.3 Å². The number of unbranched alkanes of at least 4 members (excludes halogenated alkanes) is 2. The van der Waals surface area contributed by atoms with E-state index in [2.05, 4.69) is 4.72 Å². The van der Waals surface area contributed by atoms with E-state index in [1.807, 2.05) is 0 Å². The van der Waals surface area contributed by atoms with Crippen LogP contribution in [-0.4, -0.2) is 38.4 Å². The molecular weight excluding hydrogens is 398 g/mol. The number of hydrogen-bond acceptors (Lipinski definition) is 5. The molecule has 0 atom stereocenters. The number of hydrogen-bond donors (Lipinski definition) is 1. The van der Waals surface area contributed by atoms with Gasteiger partial charge in [0.1, 0.15) is 5.78 Å². The van der Waals surface area contributed by atoms with Gasteiger partial charge in [-0.25, -0.2) is 16.8 Å². The molecule has 0 aliphatic carbocycles. The van der Waals surface area contributed by atoms with Crippen molar-refractivity contribution in [2.45, 2.75) is 76.7 Å². The summed E-state index contributed by atoms with van der Waals surface area (Å²) in [6.45, 7) is 8.23. The Morgan fingerprint density at radius 2 is 1.54 bits per heavy atom. The number of nitrogens with one attached hydrogen (secondary N) is 1. The van der Waals surface area contributed by atoms with Crippen molar-refractivity contribution in [3.63, 3.8) is 0 Å². The molecule has 1 aromatic rings. The van der Waals surface area contributed by atoms with Gasteiger partial charge in [0.05, 0.1) is 15.7 Å². The van der Waals surface area contributed by atoms with Crippen molar-refractivity contribution in [1.29, 1.82) is 0 Å². The highest BCUT2D eigenvalue weighted by Crippen LogP contribution is 2.20. The molecule has 0 radical (unpaired) electrons. The molecule has 0 aliphatic heterocycles. The molecule has 0 amide bonds. The molecule has 6 nitrogen and oxygen atoms in total. The second kappa shape index (κ2) is 9.87. The van der Waals surface area contributed by atoms with Crippen molar-refractivity contribution in [1.82, 2.24) is 0 Å². The molecule has 1 rings (SSSR count). The van der Waals surface area contributed by atoms with E-state index >= 15 is 0 Å². The lowest BCUT2D eigenvalue weighted by molar-refractivity contribution is -0.118. The highest BCUT2D eigenvalue weighted by atomic mass is 32.2. The highest BCUT2D eigenvalue weighted by Gasteiger charge is 2.28. The molecule has 0 bridgehead atoms. The predicted octanol–water partition coefficient (Wildman–Crippen LogP) is 3.72. The zero-order valence-corrected chi connectivity index (χ0v) is 19.1. The SMILES string of the molecule is CC(C)S(=O)(=O)CCCCCC(=O)Cc1ccc(NS(=O)(=O)C(C)(C)C)cc1. The third-order valence-corrected chi connectivity index (χ3v) is 8.93. The summed E-state index contributed by atoms with van der Waals surface area (Å²) in [5, 5.41) is -0.357. The maximum Gasteiger partial charge on any atom is 0.237 e. The summed E-state index contributed by atoms with van der Waals surface area (Å²) in [7, 11) is -6.49. The molecule has 0 aliphatic rings. The van der Waals surface area contributed by atoms with Gasteiger partial charge < -0.3 is 0 Å². The minimum absolute atomic E-state index is 0.0924. The van der Waals surface area contributed by atoms with Crippen LogP contribution in [0.3, 0.4) is 0 Å². The van der Waals surface area contributed by atoms with Crippen LogP contribution in [-0.2, 0) is 31.1 Å². The highest BCUT2D eigenvalue weighted by molar-refractivity contribution is 7.94. The molecule has 0 fully saturated rings. The average Bonchev–Trinajstić information content (AvgIpc) is 2.54. The zero-order chi connectivity index (χ0) is 21.6. The summed E-state index contributed by atoms with van der Waals surface area (Å²) >= 11 is 0. The van der Waals surface area contributed by atoms with E-state index in [0.717, 1.165) is 5.56 Å². The smallest absolute Gasteiger partial charge is 0.237 e. The standard InChI is InChI=1S/C20H33NO5S2/c1-16(2)27(23,24)14-8-6-7-9-19(22)15-17-10-12-18(13-11-17)21-28(25,26)20(3,4)5/h10-13,16,21H,6-9,14-15H2,1-5H3. The van der Waals surface area contributed by atoms with Crippen molar-refractivity contribution in [3.8, 4) is 0 Å². The Hall–Kier alpha value is -1.41. The van der Waals surface area contributed by atoms with E-state index in [9.17, 15) is 21.6 Å². The number of carbonyl (C=O) groups excluding carboxylic acids is 1. The van der Waals surface area contributed by atoms with Gasteiger partial charge in [-0.2, -0.15) is 0 Å². The molecule has 0 unspecified atom stereocenters. The average molecular weight is 432 g/mol. The Bertz CT molecular complexity index is 849. The molecule has 0 heterocycles. The number of Topliss-reactive ketones (excluding diaryl/α,β-unsaturated/α-hetero) is 1. The number of rotatable bonds is 11. The number of ketones is 1. The number of anilines is 1. The van der Waals surface area contributed by atoms with Gasteiger partial charge in [-0.05, 0) is 65.2 Å². The van der Waals surface area contributed by atoms with Gasteiger partial charge in [0.2, 0.25) is 10.0 Å². The van der Waals surface area contributed by atoms with Gasteiger partial charge in [-0.3, -0.25) is 9.52 Å². The summed E-state index contributed by atoms with van der Waals surface area (Å²) in [5.41, 5.74) is 1.29. The van der Waals surface area contributed by atoms with Crippen molar-refractivity contribution in [2.24, 2.45) is 0 Å². The summed E-state index contributed by atoms with van der Waals surface area (Å²) in [6.07, 6.45) is 2.67. The van der Waals surface area contributed by atoms with E-state index in [4.69, 9.17) is 0 Å². The van der Waals surface area contributed by atoms with E-state index in [1.165, 1.54) is 0 Å². The Morgan fingerprint density at radius 1 is 0.964 bits per heavy atom. The molecule has 1 N–H and O–H groups in total. The summed E-state index contributed by atoms with van der Waals surface area (Å²) < 4.78 is 49.4. The number of sulfone groups is 1. The van der Waals surface area contributed by atoms with Crippen LogP contribution in [0.2, 0.25) is 0 Å². The minimum atomic E-state index is -3.48. The molecule has 160 valence electrons. The zero-order valence-electron chi connectivity index (χ0n) is 17.5. The quantitative estimate of drug-likeness (QED) is 0.539. The van der Waals surface area contributed by atoms with Gasteiger partial charge in [-0.1, -0.05) is 18.6 Å². The van der Waals surface area contributed by atoms with Crippen molar-refractivity contribution in [2.75, 3.05) is 10.5 Å². The van der Waals surface area contributed by atoms with Gasteiger partial charge in [0.15, 0.2) is 9.84 Å². The van der Waals surface area contributed by atoms with Crippen LogP contribution in [0, 0.1) is 0 Å². The molecule has 1 aromatic carbocycles. The monoisotopic (exact) mass is 431 g/mol. The molecule has 0 aromatic heterocycles. The first-order valence-corrected chi connectivity index (χ1v) is 12.8. The topological polar surface area (TPSA) is 97.4 Å². The number of sulfonamides is 1. The van der Waals surface area contributed by atoms with Gasteiger partial charge in [0.25, 0.3) is 0 Å². The first kappa shape index (κ1) is 24.6. The first-order valence-electron chi connectivity index (χ1n) is 9.59. The maximum atomic E-state index is 12.2. The number of carbonyl (C=O) groups is 1. The first-order chi connectivity index (χ1) is 12.7. The summed E-state index contributed by atoms with van der Waals surface area (Å²) in [5.74, 6) is 0.264.